The van der Waals surface area contributed by atoms with E-state index in [0.29, 0.717) is 5.56 Å². The zero-order valence-electron chi connectivity index (χ0n) is 8.91. The van der Waals surface area contributed by atoms with Gasteiger partial charge in [-0.15, -0.1) is 0 Å². The van der Waals surface area contributed by atoms with Crippen molar-refractivity contribution in [2.75, 3.05) is 11.9 Å². The molecule has 3 nitrogen and oxygen atoms in total. The van der Waals surface area contributed by atoms with Crippen molar-refractivity contribution in [3.8, 4) is 17.9 Å². The first-order chi connectivity index (χ1) is 7.60. The Labute approximate surface area is 108 Å². The normalized spacial score (nSPS) is 8.62. The van der Waals surface area contributed by atoms with Gasteiger partial charge in [-0.05, 0) is 53.6 Å². The molecule has 16 heavy (non-hydrogen) atoms. The number of carbonyl (C=O) groups is 1. The summed E-state index contributed by atoms with van der Waals surface area (Å²) in [5, 5.41) is 8.73. The van der Waals surface area contributed by atoms with Crippen LogP contribution >= 0.6 is 22.6 Å². The van der Waals surface area contributed by atoms with E-state index in [1.165, 1.54) is 4.90 Å². The molecule has 0 spiro atoms. The molecule has 1 rings (SSSR count). The van der Waals surface area contributed by atoms with Gasteiger partial charge in [-0.1, -0.05) is 5.92 Å². The minimum Gasteiger partial charge on any atom is -0.304 e. The topological polar surface area (TPSA) is 44.1 Å². The number of carbonyl (C=O) groups excluding carboxylic acids is 1. The highest BCUT2D eigenvalue weighted by Crippen LogP contribution is 2.22. The fourth-order valence-electron chi connectivity index (χ4n) is 1.15. The molecule has 0 aliphatic carbocycles. The van der Waals surface area contributed by atoms with Crippen LogP contribution in [0.5, 0.6) is 0 Å². The molecule has 0 radical (unpaired) electrons. The van der Waals surface area contributed by atoms with E-state index in [0.717, 1.165) is 9.26 Å². The van der Waals surface area contributed by atoms with Crippen LogP contribution in [0.4, 0.5) is 5.69 Å². The third kappa shape index (κ3) is 2.74. The second kappa shape index (κ2) is 5.53. The van der Waals surface area contributed by atoms with Gasteiger partial charge in [0.1, 0.15) is 0 Å². The first-order valence-corrected chi connectivity index (χ1v) is 5.58. The molecule has 0 aliphatic heterocycles. The van der Waals surface area contributed by atoms with Gasteiger partial charge in [0.05, 0.1) is 17.3 Å². The van der Waals surface area contributed by atoms with Crippen molar-refractivity contribution in [2.24, 2.45) is 0 Å². The number of nitriles is 1. The molecule has 0 aliphatic rings. The number of halogens is 1. The van der Waals surface area contributed by atoms with Crippen LogP contribution in [0.15, 0.2) is 18.2 Å². The van der Waals surface area contributed by atoms with Crippen molar-refractivity contribution in [1.29, 1.82) is 5.26 Å². The Balaban J connectivity index is 3.09. The molecule has 0 heterocycles. The summed E-state index contributed by atoms with van der Waals surface area (Å²) >= 11 is 2.09. The van der Waals surface area contributed by atoms with Gasteiger partial charge in [0.15, 0.2) is 0 Å². The maximum absolute atomic E-state index is 11.5. The lowest BCUT2D eigenvalue weighted by molar-refractivity contribution is -0.113. The van der Waals surface area contributed by atoms with E-state index < -0.39 is 0 Å². The minimum absolute atomic E-state index is 0.259. The van der Waals surface area contributed by atoms with E-state index in [4.69, 9.17) is 5.26 Å². The van der Waals surface area contributed by atoms with Crippen molar-refractivity contribution >= 4 is 34.2 Å². The summed E-state index contributed by atoms with van der Waals surface area (Å²) in [5.74, 6) is 4.77. The minimum atomic E-state index is -0.259. The summed E-state index contributed by atoms with van der Waals surface area (Å²) in [4.78, 5) is 13.0. The van der Waals surface area contributed by atoms with E-state index in [1.807, 2.05) is 0 Å². The number of amides is 1. The van der Waals surface area contributed by atoms with Crippen LogP contribution in [0.3, 0.4) is 0 Å². The second-order valence-corrected chi connectivity index (χ2v) is 4.18. The standard InChI is InChI=1S/C12H9IN2O/c1-3-4-12(16)15(2)11-6-5-9(8-14)7-10(11)13/h5-7H,1-2H3. The Kier molecular flexibility index (Phi) is 4.33. The average Bonchev–Trinajstić information content (AvgIpc) is 2.28. The lowest BCUT2D eigenvalue weighted by Gasteiger charge is -2.15. The number of hydrogen-bond acceptors (Lipinski definition) is 2. The number of rotatable bonds is 1. The van der Waals surface area contributed by atoms with Crippen LogP contribution in [0, 0.1) is 26.7 Å². The van der Waals surface area contributed by atoms with Crippen molar-refractivity contribution in [3.05, 3.63) is 27.3 Å². The zero-order valence-corrected chi connectivity index (χ0v) is 11.1. The van der Waals surface area contributed by atoms with Crippen LogP contribution in [0.2, 0.25) is 0 Å². The van der Waals surface area contributed by atoms with Gasteiger partial charge >= 0.3 is 5.91 Å². The molecule has 0 N–H and O–H groups in total. The van der Waals surface area contributed by atoms with Crippen LogP contribution in [-0.4, -0.2) is 13.0 Å². The molecule has 0 fully saturated rings. The summed E-state index contributed by atoms with van der Waals surface area (Å²) in [7, 11) is 1.66. The predicted molar refractivity (Wildman–Crippen MR) is 70.7 cm³/mol. The van der Waals surface area contributed by atoms with Crippen molar-refractivity contribution < 1.29 is 4.79 Å². The van der Waals surface area contributed by atoms with Crippen molar-refractivity contribution in [2.45, 2.75) is 6.92 Å². The van der Waals surface area contributed by atoms with Crippen LogP contribution < -0.4 is 4.90 Å². The molecule has 0 unspecified atom stereocenters. The Morgan fingerprint density at radius 1 is 1.50 bits per heavy atom. The quantitative estimate of drug-likeness (QED) is 0.587. The Morgan fingerprint density at radius 2 is 2.19 bits per heavy atom. The van der Waals surface area contributed by atoms with Gasteiger partial charge < -0.3 is 4.90 Å². The highest BCUT2D eigenvalue weighted by molar-refractivity contribution is 14.1. The van der Waals surface area contributed by atoms with Gasteiger partial charge in [0.2, 0.25) is 0 Å². The van der Waals surface area contributed by atoms with Gasteiger partial charge in [-0.2, -0.15) is 5.26 Å². The summed E-state index contributed by atoms with van der Waals surface area (Å²) in [6.07, 6.45) is 0. The number of nitrogens with zero attached hydrogens (tertiary/aromatic N) is 2. The van der Waals surface area contributed by atoms with E-state index in [-0.39, 0.29) is 5.91 Å². The van der Waals surface area contributed by atoms with Crippen molar-refractivity contribution in [1.82, 2.24) is 0 Å². The third-order valence-electron chi connectivity index (χ3n) is 1.97. The first kappa shape index (κ1) is 12.5. The molecule has 0 aromatic heterocycles. The molecule has 1 aromatic rings. The molecule has 80 valence electrons. The van der Waals surface area contributed by atoms with Crippen LogP contribution in [0.1, 0.15) is 12.5 Å². The monoisotopic (exact) mass is 324 g/mol. The number of hydrogen-bond donors (Lipinski definition) is 0. The highest BCUT2D eigenvalue weighted by atomic mass is 127. The Bertz CT molecular complexity index is 520. The van der Waals surface area contributed by atoms with Crippen LogP contribution in [0.25, 0.3) is 0 Å². The van der Waals surface area contributed by atoms with E-state index >= 15 is 0 Å². The summed E-state index contributed by atoms with van der Waals surface area (Å²) in [6.45, 7) is 1.62. The van der Waals surface area contributed by atoms with E-state index in [1.54, 1.807) is 32.2 Å². The van der Waals surface area contributed by atoms with E-state index in [9.17, 15) is 4.79 Å². The van der Waals surface area contributed by atoms with Gasteiger partial charge in [0, 0.05) is 10.6 Å². The smallest absolute Gasteiger partial charge is 0.302 e. The van der Waals surface area contributed by atoms with Gasteiger partial charge in [-0.3, -0.25) is 4.79 Å². The number of benzene rings is 1. The third-order valence-corrected chi connectivity index (χ3v) is 2.84. The molecule has 0 atom stereocenters. The molecule has 0 saturated carbocycles. The van der Waals surface area contributed by atoms with Gasteiger partial charge in [-0.25, -0.2) is 0 Å². The first-order valence-electron chi connectivity index (χ1n) is 4.50. The summed E-state index contributed by atoms with van der Waals surface area (Å²) in [6, 6.07) is 7.21. The van der Waals surface area contributed by atoms with Crippen molar-refractivity contribution in [3.63, 3.8) is 0 Å². The molecule has 1 aromatic carbocycles. The largest absolute Gasteiger partial charge is 0.304 e. The fraction of sp³-hybridized carbons (Fsp3) is 0.167. The molecule has 4 heteroatoms. The fourth-order valence-corrected chi connectivity index (χ4v) is 2.03. The Morgan fingerprint density at radius 3 is 2.69 bits per heavy atom. The highest BCUT2D eigenvalue weighted by Gasteiger charge is 2.11. The van der Waals surface area contributed by atoms with E-state index in [2.05, 4.69) is 40.5 Å². The summed E-state index contributed by atoms with van der Waals surface area (Å²) < 4.78 is 0.852. The molecule has 1 amide bonds. The molecular weight excluding hydrogens is 315 g/mol. The molecule has 0 bridgehead atoms. The summed E-state index contributed by atoms with van der Waals surface area (Å²) in [5.41, 5.74) is 1.34. The molecular formula is C12H9IN2O. The van der Waals surface area contributed by atoms with Gasteiger partial charge in [0.25, 0.3) is 0 Å². The SMILES string of the molecule is CC#CC(=O)N(C)c1ccc(C#N)cc1I. The van der Waals surface area contributed by atoms with Crippen LogP contribution in [-0.2, 0) is 4.79 Å². The lowest BCUT2D eigenvalue weighted by atomic mass is 10.2. The maximum atomic E-state index is 11.5. The molecule has 0 saturated heterocycles. The second-order valence-electron chi connectivity index (χ2n) is 3.02. The zero-order chi connectivity index (χ0) is 12.1. The maximum Gasteiger partial charge on any atom is 0.302 e. The lowest BCUT2D eigenvalue weighted by Crippen LogP contribution is -2.25. The predicted octanol–water partition coefficient (Wildman–Crippen LogP) is 2.15. The Hall–Kier alpha value is -1.53. The number of anilines is 1. The average molecular weight is 324 g/mol.